The molecule has 0 radical (unpaired) electrons. The van der Waals surface area contributed by atoms with Gasteiger partial charge < -0.3 is 9.80 Å². The van der Waals surface area contributed by atoms with Crippen molar-refractivity contribution >= 4 is 38.9 Å². The van der Waals surface area contributed by atoms with Crippen LogP contribution in [-0.4, -0.2) is 56.4 Å². The van der Waals surface area contributed by atoms with Crippen LogP contribution in [0, 0.1) is 21.8 Å². The number of nitrogens with zero attached hydrogens (tertiary/aromatic N) is 3. The molecule has 1 fully saturated rings. The van der Waals surface area contributed by atoms with Gasteiger partial charge in [0.15, 0.2) is 0 Å². The highest BCUT2D eigenvalue weighted by molar-refractivity contribution is 7.89. The minimum Gasteiger partial charge on any atom is -0.362 e. The zero-order chi connectivity index (χ0) is 24.3. The van der Waals surface area contributed by atoms with Crippen molar-refractivity contribution in [2.75, 3.05) is 31.1 Å². The van der Waals surface area contributed by atoms with E-state index in [0.717, 1.165) is 12.1 Å². The van der Waals surface area contributed by atoms with Crippen LogP contribution < -0.4 is 9.62 Å². The molecule has 1 saturated heterocycles. The third-order valence-corrected chi connectivity index (χ3v) is 7.12. The van der Waals surface area contributed by atoms with Crippen LogP contribution in [0.2, 0.25) is 5.02 Å². The zero-order valence-electron chi connectivity index (χ0n) is 18.1. The number of halogens is 2. The maximum atomic E-state index is 14.0. The number of sulfonamides is 1. The van der Waals surface area contributed by atoms with E-state index in [1.165, 1.54) is 23.1 Å². The first kappa shape index (κ1) is 24.9. The van der Waals surface area contributed by atoms with Crippen LogP contribution in [0.3, 0.4) is 0 Å². The quantitative estimate of drug-likeness (QED) is 0.463. The van der Waals surface area contributed by atoms with E-state index < -0.39 is 43.5 Å². The second-order valence-corrected chi connectivity index (χ2v) is 10.1. The van der Waals surface area contributed by atoms with Crippen molar-refractivity contribution in [2.24, 2.45) is 5.92 Å². The number of anilines is 1. The van der Waals surface area contributed by atoms with Gasteiger partial charge in [0.1, 0.15) is 22.4 Å². The van der Waals surface area contributed by atoms with E-state index in [-0.39, 0.29) is 23.8 Å². The Morgan fingerprint density at radius 3 is 2.36 bits per heavy atom. The first-order valence-corrected chi connectivity index (χ1v) is 12.1. The number of benzene rings is 2. The SMILES string of the molecule is CC(C)[C@H](NS(=O)(=O)c1ccccc1F)C(=O)N1CCN(c2ccc(Cl)cc2[N+](=O)[O-])CC1. The highest BCUT2D eigenvalue weighted by Crippen LogP contribution is 2.31. The monoisotopic (exact) mass is 498 g/mol. The molecular weight excluding hydrogens is 475 g/mol. The van der Waals surface area contributed by atoms with Crippen molar-refractivity contribution in [1.29, 1.82) is 0 Å². The van der Waals surface area contributed by atoms with E-state index >= 15 is 0 Å². The number of piperazine rings is 1. The fraction of sp³-hybridized carbons (Fsp3) is 0.381. The van der Waals surface area contributed by atoms with Crippen LogP contribution in [-0.2, 0) is 14.8 Å². The summed E-state index contributed by atoms with van der Waals surface area (Å²) in [5.74, 6) is -1.73. The molecule has 1 N–H and O–H groups in total. The number of hydrogen-bond donors (Lipinski definition) is 1. The Balaban J connectivity index is 1.73. The normalized spacial score (nSPS) is 15.5. The molecule has 0 bridgehead atoms. The van der Waals surface area contributed by atoms with Gasteiger partial charge in [0.2, 0.25) is 15.9 Å². The summed E-state index contributed by atoms with van der Waals surface area (Å²) in [6.45, 7) is 4.50. The molecular formula is C21H24ClFN4O5S. The van der Waals surface area contributed by atoms with Crippen molar-refractivity contribution in [2.45, 2.75) is 24.8 Å². The van der Waals surface area contributed by atoms with Gasteiger partial charge in [0.05, 0.1) is 4.92 Å². The maximum Gasteiger partial charge on any atom is 0.294 e. The maximum absolute atomic E-state index is 14.0. The minimum atomic E-state index is -4.26. The number of carbonyl (C=O) groups excluding carboxylic acids is 1. The highest BCUT2D eigenvalue weighted by atomic mass is 35.5. The summed E-state index contributed by atoms with van der Waals surface area (Å²) >= 11 is 5.88. The minimum absolute atomic E-state index is 0.125. The number of carbonyl (C=O) groups is 1. The fourth-order valence-electron chi connectivity index (χ4n) is 3.64. The smallest absolute Gasteiger partial charge is 0.294 e. The molecule has 0 aliphatic carbocycles. The number of amides is 1. The van der Waals surface area contributed by atoms with Gasteiger partial charge in [-0.2, -0.15) is 4.72 Å². The lowest BCUT2D eigenvalue weighted by Gasteiger charge is -2.38. The lowest BCUT2D eigenvalue weighted by molar-refractivity contribution is -0.384. The Morgan fingerprint density at radius 2 is 1.79 bits per heavy atom. The number of hydrogen-bond acceptors (Lipinski definition) is 6. The average Bonchev–Trinajstić information content (AvgIpc) is 2.77. The lowest BCUT2D eigenvalue weighted by atomic mass is 10.0. The molecule has 0 saturated carbocycles. The molecule has 0 spiro atoms. The molecule has 2 aromatic rings. The van der Waals surface area contributed by atoms with Crippen LogP contribution >= 0.6 is 11.6 Å². The van der Waals surface area contributed by atoms with Crippen molar-refractivity contribution in [3.8, 4) is 0 Å². The van der Waals surface area contributed by atoms with Crippen molar-refractivity contribution in [1.82, 2.24) is 9.62 Å². The van der Waals surface area contributed by atoms with Crippen molar-refractivity contribution in [3.05, 3.63) is 63.4 Å². The van der Waals surface area contributed by atoms with E-state index in [0.29, 0.717) is 18.8 Å². The Labute approximate surface area is 196 Å². The van der Waals surface area contributed by atoms with Gasteiger partial charge in [-0.15, -0.1) is 0 Å². The largest absolute Gasteiger partial charge is 0.362 e. The predicted molar refractivity (Wildman–Crippen MR) is 122 cm³/mol. The molecule has 1 atom stereocenters. The second-order valence-electron chi connectivity index (χ2n) is 7.98. The van der Waals surface area contributed by atoms with Crippen LogP contribution in [0.25, 0.3) is 0 Å². The summed E-state index contributed by atoms with van der Waals surface area (Å²) < 4.78 is 41.8. The summed E-state index contributed by atoms with van der Waals surface area (Å²) in [5.41, 5.74) is 0.275. The van der Waals surface area contributed by atoms with Crippen molar-refractivity contribution < 1.29 is 22.5 Å². The van der Waals surface area contributed by atoms with Crippen LogP contribution in [0.5, 0.6) is 0 Å². The van der Waals surface area contributed by atoms with Gasteiger partial charge in [-0.05, 0) is 30.2 Å². The molecule has 1 heterocycles. The Hall–Kier alpha value is -2.76. The van der Waals surface area contributed by atoms with E-state index in [4.69, 9.17) is 11.6 Å². The summed E-state index contributed by atoms with van der Waals surface area (Å²) in [7, 11) is -4.26. The zero-order valence-corrected chi connectivity index (χ0v) is 19.6. The van der Waals surface area contributed by atoms with Crippen LogP contribution in [0.15, 0.2) is 47.4 Å². The fourth-order valence-corrected chi connectivity index (χ4v) is 5.22. The summed E-state index contributed by atoms with van der Waals surface area (Å²) in [6.07, 6.45) is 0. The molecule has 178 valence electrons. The summed E-state index contributed by atoms with van der Waals surface area (Å²) in [4.78, 5) is 26.8. The van der Waals surface area contributed by atoms with Gasteiger partial charge in [-0.3, -0.25) is 14.9 Å². The lowest BCUT2D eigenvalue weighted by Crippen LogP contribution is -2.56. The Morgan fingerprint density at radius 1 is 1.15 bits per heavy atom. The molecule has 0 aromatic heterocycles. The van der Waals surface area contributed by atoms with E-state index in [1.54, 1.807) is 30.9 Å². The highest BCUT2D eigenvalue weighted by Gasteiger charge is 2.34. The molecule has 1 amide bonds. The summed E-state index contributed by atoms with van der Waals surface area (Å²) in [6, 6.07) is 8.27. The van der Waals surface area contributed by atoms with Crippen molar-refractivity contribution in [3.63, 3.8) is 0 Å². The number of nitro groups is 1. The number of nitro benzene ring substituents is 1. The van der Waals surface area contributed by atoms with Crippen LogP contribution in [0.4, 0.5) is 15.8 Å². The molecule has 0 unspecified atom stereocenters. The van der Waals surface area contributed by atoms with Gasteiger partial charge in [-0.25, -0.2) is 12.8 Å². The summed E-state index contributed by atoms with van der Waals surface area (Å²) in [5, 5.41) is 11.6. The third kappa shape index (κ3) is 5.60. The first-order chi connectivity index (χ1) is 15.5. The van der Waals surface area contributed by atoms with E-state index in [9.17, 15) is 27.7 Å². The standard InChI is InChI=1S/C21H24ClFN4O5S/c1-14(2)20(24-33(31,32)19-6-4-3-5-16(19)23)21(28)26-11-9-25(10-12-26)17-8-7-15(22)13-18(17)27(29)30/h3-8,13-14,20,24H,9-12H2,1-2H3/t20-/m0/s1. The van der Waals surface area contributed by atoms with E-state index in [2.05, 4.69) is 4.72 Å². The van der Waals surface area contributed by atoms with Gasteiger partial charge in [-0.1, -0.05) is 37.6 Å². The molecule has 2 aromatic carbocycles. The topological polar surface area (TPSA) is 113 Å². The third-order valence-electron chi connectivity index (χ3n) is 5.41. The Bertz CT molecular complexity index is 1150. The molecule has 12 heteroatoms. The predicted octanol–water partition coefficient (Wildman–Crippen LogP) is 3.04. The number of rotatable bonds is 7. The van der Waals surface area contributed by atoms with Gasteiger partial charge in [0.25, 0.3) is 5.69 Å². The molecule has 33 heavy (non-hydrogen) atoms. The Kier molecular flexibility index (Phi) is 7.55. The average molecular weight is 499 g/mol. The molecule has 1 aliphatic heterocycles. The van der Waals surface area contributed by atoms with E-state index in [1.807, 2.05) is 0 Å². The number of nitrogens with one attached hydrogen (secondary N) is 1. The molecule has 1 aliphatic rings. The first-order valence-electron chi connectivity index (χ1n) is 10.3. The van der Waals surface area contributed by atoms with Gasteiger partial charge >= 0.3 is 0 Å². The van der Waals surface area contributed by atoms with Crippen LogP contribution in [0.1, 0.15) is 13.8 Å². The van der Waals surface area contributed by atoms with Gasteiger partial charge in [0, 0.05) is 37.3 Å². The molecule has 9 nitrogen and oxygen atoms in total. The molecule has 3 rings (SSSR count). The second kappa shape index (κ2) is 10.0.